The molecule has 0 fully saturated rings. The third-order valence-electron chi connectivity index (χ3n) is 6.39. The second-order valence-electron chi connectivity index (χ2n) is 10.1. The third-order valence-corrected chi connectivity index (χ3v) is 6.39. The molecule has 2 rings (SSSR count). The Morgan fingerprint density at radius 1 is 1.14 bits per heavy atom. The number of rotatable bonds is 12. The van der Waals surface area contributed by atoms with E-state index >= 15 is 0 Å². The molecule has 0 saturated heterocycles. The predicted molar refractivity (Wildman–Crippen MR) is 148 cm³/mol. The van der Waals surface area contributed by atoms with E-state index in [9.17, 15) is 9.59 Å². The number of carbonyl (C=O) groups excluding carboxylic acids is 2. The van der Waals surface area contributed by atoms with Crippen LogP contribution in [-0.4, -0.2) is 30.0 Å². The summed E-state index contributed by atoms with van der Waals surface area (Å²) < 4.78 is 5.30. The first-order valence-electron chi connectivity index (χ1n) is 13.0. The van der Waals surface area contributed by atoms with Crippen LogP contribution in [0.25, 0.3) is 0 Å². The van der Waals surface area contributed by atoms with Crippen LogP contribution in [0.5, 0.6) is 0 Å². The average Bonchev–Trinajstić information content (AvgIpc) is 2.83. The summed E-state index contributed by atoms with van der Waals surface area (Å²) >= 11 is 0. The van der Waals surface area contributed by atoms with E-state index in [-0.39, 0.29) is 17.3 Å². The molecule has 1 amide bonds. The molecule has 1 N–H and O–H groups in total. The van der Waals surface area contributed by atoms with Crippen LogP contribution in [0.4, 0.5) is 0 Å². The van der Waals surface area contributed by atoms with Gasteiger partial charge in [0.25, 0.3) is 5.91 Å². The Kier molecular flexibility index (Phi) is 12.1. The van der Waals surface area contributed by atoms with Crippen LogP contribution in [-0.2, 0) is 9.53 Å². The lowest BCUT2D eigenvalue weighted by atomic mass is 9.72. The highest BCUT2D eigenvalue weighted by Gasteiger charge is 2.26. The van der Waals surface area contributed by atoms with Crippen LogP contribution < -0.4 is 5.32 Å². The summed E-state index contributed by atoms with van der Waals surface area (Å²) in [6, 6.07) is 3.47. The van der Waals surface area contributed by atoms with E-state index in [1.54, 1.807) is 24.5 Å². The molecule has 1 heterocycles. The van der Waals surface area contributed by atoms with Crippen LogP contribution >= 0.6 is 0 Å². The van der Waals surface area contributed by atoms with E-state index in [2.05, 4.69) is 56.2 Å². The normalized spacial score (nSPS) is 16.6. The first-order valence-corrected chi connectivity index (χ1v) is 13.0. The van der Waals surface area contributed by atoms with Crippen molar-refractivity contribution in [1.29, 1.82) is 0 Å². The lowest BCUT2D eigenvalue weighted by Crippen LogP contribution is -2.24. The molecule has 0 bridgehead atoms. The topological polar surface area (TPSA) is 68.3 Å². The molecule has 194 valence electrons. The summed E-state index contributed by atoms with van der Waals surface area (Å²) in [6.45, 7) is 11.8. The fourth-order valence-corrected chi connectivity index (χ4v) is 4.29. The van der Waals surface area contributed by atoms with Crippen molar-refractivity contribution < 1.29 is 14.3 Å². The number of esters is 1. The number of nitrogens with zero attached hydrogens (tertiary/aromatic N) is 1. The maximum absolute atomic E-state index is 12.0. The van der Waals surface area contributed by atoms with Gasteiger partial charge < -0.3 is 10.1 Å². The minimum atomic E-state index is -0.329. The number of unbranched alkanes of at least 4 members (excludes halogenated alkanes) is 2. The largest absolute Gasteiger partial charge is 0.463 e. The molecule has 5 nitrogen and oxygen atoms in total. The average molecular weight is 491 g/mol. The van der Waals surface area contributed by atoms with Crippen molar-refractivity contribution in [2.45, 2.75) is 73.1 Å². The lowest BCUT2D eigenvalue weighted by molar-refractivity contribution is -0.137. The standard InChI is InChI=1S/C31H42N2O3/c1-24(16-17-28-26(3)14-10-18-31(28,4)5)12-9-13-25(2)22-29(34)36-21-8-6-7-20-33-30(35)27-15-11-19-32-23-27/h9,11-13,15-17,19,22-23H,6-8,10,14,18,20-21H2,1-5H3,(H,33,35). The summed E-state index contributed by atoms with van der Waals surface area (Å²) in [6.07, 6.45) is 21.2. The zero-order chi connectivity index (χ0) is 26.4. The Bertz CT molecular complexity index is 1030. The maximum Gasteiger partial charge on any atom is 0.331 e. The van der Waals surface area contributed by atoms with E-state index < -0.39 is 0 Å². The molecule has 0 aliphatic heterocycles. The highest BCUT2D eigenvalue weighted by Crippen LogP contribution is 2.40. The van der Waals surface area contributed by atoms with E-state index in [0.29, 0.717) is 18.7 Å². The van der Waals surface area contributed by atoms with Crippen LogP contribution in [0.1, 0.15) is 83.5 Å². The number of hydrogen-bond donors (Lipinski definition) is 1. The second kappa shape index (κ2) is 15.0. The van der Waals surface area contributed by atoms with Crippen LogP contribution in [0, 0.1) is 5.41 Å². The van der Waals surface area contributed by atoms with E-state index in [4.69, 9.17) is 4.74 Å². The van der Waals surface area contributed by atoms with Gasteiger partial charge in [0.05, 0.1) is 12.2 Å². The van der Waals surface area contributed by atoms with Gasteiger partial charge >= 0.3 is 5.97 Å². The van der Waals surface area contributed by atoms with Crippen LogP contribution in [0.2, 0.25) is 0 Å². The van der Waals surface area contributed by atoms with Gasteiger partial charge in [-0.1, -0.05) is 55.4 Å². The van der Waals surface area contributed by atoms with Crippen LogP contribution in [0.15, 0.2) is 83.3 Å². The number of amides is 1. The van der Waals surface area contributed by atoms with Crippen molar-refractivity contribution >= 4 is 11.9 Å². The number of nitrogens with one attached hydrogen (secondary N) is 1. The maximum atomic E-state index is 12.0. The Morgan fingerprint density at radius 3 is 2.67 bits per heavy atom. The SMILES string of the molecule is CC(C=CC1=C(C)CCCC1(C)C)=CC=CC(C)=CC(=O)OCCCCCNC(=O)c1cccnc1. The number of pyridine rings is 1. The molecular weight excluding hydrogens is 448 g/mol. The van der Waals surface area contributed by atoms with Crippen molar-refractivity contribution in [2.75, 3.05) is 13.2 Å². The Labute approximate surface area is 217 Å². The molecule has 0 radical (unpaired) electrons. The van der Waals surface area contributed by atoms with Gasteiger partial charge in [0, 0.05) is 25.0 Å². The molecular formula is C31H42N2O3. The number of aromatic nitrogens is 1. The molecule has 1 aromatic heterocycles. The van der Waals surface area contributed by atoms with Gasteiger partial charge in [-0.05, 0) is 88.0 Å². The molecule has 0 saturated carbocycles. The number of hydrogen-bond acceptors (Lipinski definition) is 4. The fourth-order valence-electron chi connectivity index (χ4n) is 4.29. The van der Waals surface area contributed by atoms with E-state index in [0.717, 1.165) is 24.8 Å². The zero-order valence-corrected chi connectivity index (χ0v) is 22.6. The van der Waals surface area contributed by atoms with Gasteiger partial charge in [0.2, 0.25) is 0 Å². The first-order chi connectivity index (χ1) is 17.2. The van der Waals surface area contributed by atoms with Gasteiger partial charge in [-0.2, -0.15) is 0 Å². The van der Waals surface area contributed by atoms with Crippen LogP contribution in [0.3, 0.4) is 0 Å². The Hall–Kier alpha value is -3.21. The molecule has 0 unspecified atom stereocenters. The van der Waals surface area contributed by atoms with Crippen molar-refractivity contribution in [3.05, 3.63) is 88.8 Å². The molecule has 36 heavy (non-hydrogen) atoms. The number of ether oxygens (including phenoxy) is 1. The minimum absolute atomic E-state index is 0.120. The van der Waals surface area contributed by atoms with Gasteiger partial charge in [0.15, 0.2) is 0 Å². The van der Waals surface area contributed by atoms with E-state index in [1.165, 1.54) is 42.1 Å². The fraction of sp³-hybridized carbons (Fsp3) is 0.452. The van der Waals surface area contributed by atoms with Crippen molar-refractivity contribution in [3.8, 4) is 0 Å². The summed E-state index contributed by atoms with van der Waals surface area (Å²) in [5.41, 5.74) is 5.76. The van der Waals surface area contributed by atoms with Crippen molar-refractivity contribution in [3.63, 3.8) is 0 Å². The number of allylic oxidation sites excluding steroid dienone is 9. The minimum Gasteiger partial charge on any atom is -0.463 e. The molecule has 5 heteroatoms. The lowest BCUT2D eigenvalue weighted by Gasteiger charge is -2.32. The van der Waals surface area contributed by atoms with Gasteiger partial charge in [-0.25, -0.2) is 4.79 Å². The summed E-state index contributed by atoms with van der Waals surface area (Å²) in [5.74, 6) is -0.450. The van der Waals surface area contributed by atoms with E-state index in [1.807, 2.05) is 19.1 Å². The quantitative estimate of drug-likeness (QED) is 0.147. The summed E-state index contributed by atoms with van der Waals surface area (Å²) in [7, 11) is 0. The molecule has 0 atom stereocenters. The molecule has 1 aliphatic carbocycles. The molecule has 1 aliphatic rings. The predicted octanol–water partition coefficient (Wildman–Crippen LogP) is 7.06. The second-order valence-corrected chi connectivity index (χ2v) is 10.1. The Balaban J connectivity index is 1.65. The molecule has 0 aromatic carbocycles. The third kappa shape index (κ3) is 10.6. The zero-order valence-electron chi connectivity index (χ0n) is 22.6. The van der Waals surface area contributed by atoms with Gasteiger partial charge in [-0.3, -0.25) is 9.78 Å². The van der Waals surface area contributed by atoms with Gasteiger partial charge in [0.1, 0.15) is 0 Å². The van der Waals surface area contributed by atoms with Crippen molar-refractivity contribution in [2.24, 2.45) is 5.41 Å². The first kappa shape index (κ1) is 29.0. The molecule has 1 aromatic rings. The van der Waals surface area contributed by atoms with Crippen molar-refractivity contribution in [1.82, 2.24) is 10.3 Å². The Morgan fingerprint density at radius 2 is 1.94 bits per heavy atom. The highest BCUT2D eigenvalue weighted by molar-refractivity contribution is 5.93. The number of carbonyl (C=O) groups is 2. The smallest absolute Gasteiger partial charge is 0.331 e. The van der Waals surface area contributed by atoms with Gasteiger partial charge in [-0.15, -0.1) is 0 Å². The highest BCUT2D eigenvalue weighted by atomic mass is 16.5. The monoisotopic (exact) mass is 490 g/mol. The molecule has 0 spiro atoms. The summed E-state index contributed by atoms with van der Waals surface area (Å²) in [5, 5.41) is 2.87. The summed E-state index contributed by atoms with van der Waals surface area (Å²) in [4.78, 5) is 27.9.